The Morgan fingerprint density at radius 1 is 1.44 bits per heavy atom. The lowest BCUT2D eigenvalue weighted by Gasteiger charge is -2.31. The van der Waals surface area contributed by atoms with Crippen molar-refractivity contribution in [3.8, 4) is 12.3 Å². The summed E-state index contributed by atoms with van der Waals surface area (Å²) in [5.74, 6) is 2.35. The first kappa shape index (κ1) is 13.2. The number of terminal acetylenes is 1. The van der Waals surface area contributed by atoms with Gasteiger partial charge in [-0.05, 0) is 25.0 Å². The maximum absolute atomic E-state index is 13.6. The van der Waals surface area contributed by atoms with Gasteiger partial charge in [-0.2, -0.15) is 0 Å². The van der Waals surface area contributed by atoms with Crippen LogP contribution in [-0.2, 0) is 0 Å². The lowest BCUT2D eigenvalue weighted by molar-refractivity contribution is 0.243. The highest BCUT2D eigenvalue weighted by Gasteiger charge is 2.20. The smallest absolute Gasteiger partial charge is 0.147 e. The molecule has 1 aliphatic rings. The van der Waals surface area contributed by atoms with Gasteiger partial charge in [0.2, 0.25) is 0 Å². The molecule has 0 saturated carbocycles. The molecule has 18 heavy (non-hydrogen) atoms. The van der Waals surface area contributed by atoms with E-state index in [1.54, 1.807) is 12.1 Å². The van der Waals surface area contributed by atoms with E-state index in [9.17, 15) is 4.39 Å². The normalized spacial score (nSPS) is 17.4. The molecule has 0 radical (unpaired) electrons. The number of rotatable bonds is 3. The van der Waals surface area contributed by atoms with E-state index in [1.165, 1.54) is 6.07 Å². The number of anilines is 1. The van der Waals surface area contributed by atoms with Crippen molar-refractivity contribution in [2.45, 2.75) is 18.9 Å². The van der Waals surface area contributed by atoms with Crippen LogP contribution in [0.2, 0.25) is 5.02 Å². The molecular formula is C14H16ClFN2. The van der Waals surface area contributed by atoms with Crippen LogP contribution in [-0.4, -0.2) is 30.6 Å². The van der Waals surface area contributed by atoms with Crippen molar-refractivity contribution in [3.05, 3.63) is 29.0 Å². The molecule has 0 bridgehead atoms. The third kappa shape index (κ3) is 3.16. The van der Waals surface area contributed by atoms with Crippen molar-refractivity contribution < 1.29 is 4.39 Å². The highest BCUT2D eigenvalue weighted by molar-refractivity contribution is 6.33. The molecule has 1 aromatic carbocycles. The zero-order chi connectivity index (χ0) is 13.0. The fourth-order valence-corrected chi connectivity index (χ4v) is 2.42. The number of para-hydroxylation sites is 1. The molecule has 1 saturated heterocycles. The molecule has 1 fully saturated rings. The first-order valence-corrected chi connectivity index (χ1v) is 6.45. The van der Waals surface area contributed by atoms with Crippen LogP contribution in [0, 0.1) is 18.2 Å². The van der Waals surface area contributed by atoms with E-state index in [-0.39, 0.29) is 11.9 Å². The highest BCUT2D eigenvalue weighted by Crippen LogP contribution is 2.27. The largest absolute Gasteiger partial charge is 0.379 e. The van der Waals surface area contributed by atoms with Crippen molar-refractivity contribution in [2.75, 3.05) is 25.0 Å². The minimum atomic E-state index is -0.298. The molecule has 1 aromatic rings. The molecule has 1 heterocycles. The molecule has 96 valence electrons. The second-order valence-electron chi connectivity index (χ2n) is 4.50. The number of nitrogens with one attached hydrogen (secondary N) is 1. The van der Waals surface area contributed by atoms with Gasteiger partial charge in [-0.15, -0.1) is 6.42 Å². The SMILES string of the molecule is C#CCN1CCC(Nc2c(F)cccc2Cl)CC1. The molecule has 4 heteroatoms. The van der Waals surface area contributed by atoms with Crippen LogP contribution in [0.1, 0.15) is 12.8 Å². The van der Waals surface area contributed by atoms with Gasteiger partial charge in [0.15, 0.2) is 0 Å². The fraction of sp³-hybridized carbons (Fsp3) is 0.429. The standard InChI is InChI=1S/C14H16ClFN2/c1-2-8-18-9-6-11(7-10-18)17-14-12(15)4-3-5-13(14)16/h1,3-5,11,17H,6-10H2. The minimum Gasteiger partial charge on any atom is -0.379 e. The number of benzene rings is 1. The molecule has 0 amide bonds. The second-order valence-corrected chi connectivity index (χ2v) is 4.90. The van der Waals surface area contributed by atoms with Gasteiger partial charge in [-0.3, -0.25) is 4.90 Å². The summed E-state index contributed by atoms with van der Waals surface area (Å²) in [7, 11) is 0. The van der Waals surface area contributed by atoms with Crippen LogP contribution in [0.25, 0.3) is 0 Å². The van der Waals surface area contributed by atoms with Gasteiger partial charge in [0, 0.05) is 19.1 Å². The van der Waals surface area contributed by atoms with Crippen LogP contribution in [0.15, 0.2) is 18.2 Å². The quantitative estimate of drug-likeness (QED) is 0.846. The molecule has 0 unspecified atom stereocenters. The number of hydrogen-bond acceptors (Lipinski definition) is 2. The van der Waals surface area contributed by atoms with Gasteiger partial charge in [0.05, 0.1) is 17.3 Å². The Labute approximate surface area is 112 Å². The van der Waals surface area contributed by atoms with Crippen molar-refractivity contribution in [2.24, 2.45) is 0 Å². The number of hydrogen-bond donors (Lipinski definition) is 1. The number of halogens is 2. The second kappa shape index (κ2) is 6.08. The zero-order valence-electron chi connectivity index (χ0n) is 10.1. The summed E-state index contributed by atoms with van der Waals surface area (Å²) in [5.41, 5.74) is 0.412. The summed E-state index contributed by atoms with van der Waals surface area (Å²) >= 11 is 5.99. The Kier molecular flexibility index (Phi) is 4.46. The highest BCUT2D eigenvalue weighted by atomic mass is 35.5. The molecule has 1 N–H and O–H groups in total. The Balaban J connectivity index is 1.94. The summed E-state index contributed by atoms with van der Waals surface area (Å²) in [5, 5.41) is 3.63. The topological polar surface area (TPSA) is 15.3 Å². The maximum Gasteiger partial charge on any atom is 0.147 e. The van der Waals surface area contributed by atoms with Crippen LogP contribution >= 0.6 is 11.6 Å². The van der Waals surface area contributed by atoms with Gasteiger partial charge in [-0.1, -0.05) is 23.6 Å². The molecule has 0 atom stereocenters. The van der Waals surface area contributed by atoms with Crippen molar-refractivity contribution >= 4 is 17.3 Å². The van der Waals surface area contributed by atoms with E-state index in [2.05, 4.69) is 16.1 Å². The zero-order valence-corrected chi connectivity index (χ0v) is 10.9. The Hall–Kier alpha value is -1.24. The van der Waals surface area contributed by atoms with Gasteiger partial charge in [0.1, 0.15) is 5.82 Å². The van der Waals surface area contributed by atoms with E-state index in [0.717, 1.165) is 25.9 Å². The minimum absolute atomic E-state index is 0.258. The first-order valence-electron chi connectivity index (χ1n) is 6.07. The summed E-state index contributed by atoms with van der Waals surface area (Å²) in [4.78, 5) is 2.22. The van der Waals surface area contributed by atoms with Gasteiger partial charge in [0.25, 0.3) is 0 Å². The molecule has 0 spiro atoms. The van der Waals surface area contributed by atoms with E-state index < -0.39 is 0 Å². The van der Waals surface area contributed by atoms with Crippen molar-refractivity contribution in [1.29, 1.82) is 0 Å². The Morgan fingerprint density at radius 2 is 2.17 bits per heavy atom. The predicted octanol–water partition coefficient (Wildman–Crippen LogP) is 2.99. The van der Waals surface area contributed by atoms with Crippen molar-refractivity contribution in [1.82, 2.24) is 4.90 Å². The predicted molar refractivity (Wildman–Crippen MR) is 73.3 cm³/mol. The lowest BCUT2D eigenvalue weighted by atomic mass is 10.0. The number of likely N-dealkylation sites (tertiary alicyclic amines) is 1. The summed E-state index contributed by atoms with van der Waals surface area (Å²) in [6.07, 6.45) is 7.18. The average Bonchev–Trinajstić information content (AvgIpc) is 2.36. The molecule has 1 aliphatic heterocycles. The molecular weight excluding hydrogens is 251 g/mol. The van der Waals surface area contributed by atoms with Gasteiger partial charge >= 0.3 is 0 Å². The van der Waals surface area contributed by atoms with E-state index in [4.69, 9.17) is 18.0 Å². The molecule has 2 nitrogen and oxygen atoms in total. The van der Waals surface area contributed by atoms with E-state index in [0.29, 0.717) is 17.3 Å². The summed E-state index contributed by atoms with van der Waals surface area (Å²) in [6.45, 7) is 2.56. The van der Waals surface area contributed by atoms with Crippen LogP contribution in [0.4, 0.5) is 10.1 Å². The Morgan fingerprint density at radius 3 is 2.78 bits per heavy atom. The van der Waals surface area contributed by atoms with E-state index in [1.807, 2.05) is 0 Å². The molecule has 2 rings (SSSR count). The van der Waals surface area contributed by atoms with Crippen LogP contribution in [0.3, 0.4) is 0 Å². The summed E-state index contributed by atoms with van der Waals surface area (Å²) in [6, 6.07) is 4.98. The number of piperidine rings is 1. The third-order valence-corrected chi connectivity index (χ3v) is 3.53. The molecule has 0 aliphatic carbocycles. The third-order valence-electron chi connectivity index (χ3n) is 3.21. The average molecular weight is 267 g/mol. The van der Waals surface area contributed by atoms with Gasteiger partial charge < -0.3 is 5.32 Å². The van der Waals surface area contributed by atoms with Gasteiger partial charge in [-0.25, -0.2) is 4.39 Å². The van der Waals surface area contributed by atoms with Crippen molar-refractivity contribution in [3.63, 3.8) is 0 Å². The summed E-state index contributed by atoms with van der Waals surface area (Å²) < 4.78 is 13.6. The van der Waals surface area contributed by atoms with E-state index >= 15 is 0 Å². The fourth-order valence-electron chi connectivity index (χ4n) is 2.20. The lowest BCUT2D eigenvalue weighted by Crippen LogP contribution is -2.39. The number of nitrogens with zero attached hydrogens (tertiary/aromatic N) is 1. The van der Waals surface area contributed by atoms with Crippen LogP contribution < -0.4 is 5.32 Å². The molecule has 0 aromatic heterocycles. The monoisotopic (exact) mass is 266 g/mol. The van der Waals surface area contributed by atoms with Crippen LogP contribution in [0.5, 0.6) is 0 Å². The first-order chi connectivity index (χ1) is 8.70. The Bertz CT molecular complexity index is 427. The maximum atomic E-state index is 13.6.